The van der Waals surface area contributed by atoms with E-state index in [0.29, 0.717) is 13.2 Å². The van der Waals surface area contributed by atoms with Gasteiger partial charge in [-0.1, -0.05) is 72.1 Å². The van der Waals surface area contributed by atoms with Gasteiger partial charge >= 0.3 is 0 Å². The van der Waals surface area contributed by atoms with E-state index in [1.807, 2.05) is 0 Å². The van der Waals surface area contributed by atoms with Crippen molar-refractivity contribution in [2.24, 2.45) is 0 Å². The maximum absolute atomic E-state index is 6.23. The minimum absolute atomic E-state index is 0.664. The molecule has 0 fully saturated rings. The second kappa shape index (κ2) is 6.34. The maximum Gasteiger partial charge on any atom is 0.245 e. The van der Waals surface area contributed by atoms with Gasteiger partial charge in [0.25, 0.3) is 0 Å². The summed E-state index contributed by atoms with van der Waals surface area (Å²) in [6, 6.07) is 21.2. The van der Waals surface area contributed by atoms with Crippen LogP contribution in [0.25, 0.3) is 0 Å². The molecule has 0 saturated heterocycles. The second-order valence-corrected chi connectivity index (χ2v) is 12.8. The van der Waals surface area contributed by atoms with E-state index in [4.69, 9.17) is 8.85 Å². The van der Waals surface area contributed by atoms with Crippen molar-refractivity contribution in [1.82, 2.24) is 0 Å². The fourth-order valence-corrected chi connectivity index (χ4v) is 9.00. The quantitative estimate of drug-likeness (QED) is 0.790. The Morgan fingerprint density at radius 1 is 0.636 bits per heavy atom. The van der Waals surface area contributed by atoms with Crippen LogP contribution in [0.5, 0.6) is 0 Å². The van der Waals surface area contributed by atoms with Gasteiger partial charge in [-0.3, -0.25) is 0 Å². The molecule has 114 valence electrons. The van der Waals surface area contributed by atoms with E-state index in [1.54, 1.807) is 0 Å². The first-order chi connectivity index (χ1) is 10.6. The van der Waals surface area contributed by atoms with Crippen LogP contribution in [0, 0.1) is 0 Å². The molecule has 22 heavy (non-hydrogen) atoms. The van der Waals surface area contributed by atoms with Crippen LogP contribution in [0.1, 0.15) is 0 Å². The van der Waals surface area contributed by atoms with Gasteiger partial charge in [0.1, 0.15) is 0 Å². The van der Waals surface area contributed by atoms with Gasteiger partial charge in [-0.15, -0.1) is 0 Å². The zero-order valence-corrected chi connectivity index (χ0v) is 15.2. The Labute approximate surface area is 134 Å². The summed E-state index contributed by atoms with van der Waals surface area (Å²) in [5.74, 6) is 0. The van der Waals surface area contributed by atoms with Crippen molar-refractivity contribution in [3.8, 4) is 0 Å². The fourth-order valence-electron chi connectivity index (χ4n) is 2.82. The molecule has 0 bridgehead atoms. The molecule has 4 heteroatoms. The Kier molecular flexibility index (Phi) is 4.45. The summed E-state index contributed by atoms with van der Waals surface area (Å²) in [4.78, 5) is 0. The average molecular weight is 327 g/mol. The molecule has 1 heterocycles. The van der Waals surface area contributed by atoms with Gasteiger partial charge in [-0.25, -0.2) is 0 Å². The minimum Gasteiger partial charge on any atom is -0.406 e. The molecule has 0 radical (unpaired) electrons. The molecule has 0 aromatic heterocycles. The molecule has 2 unspecified atom stereocenters. The van der Waals surface area contributed by atoms with Gasteiger partial charge in [0.05, 0.1) is 13.2 Å². The van der Waals surface area contributed by atoms with Crippen LogP contribution in [0.4, 0.5) is 0 Å². The van der Waals surface area contributed by atoms with Gasteiger partial charge in [-0.05, 0) is 23.5 Å². The maximum atomic E-state index is 6.23. The summed E-state index contributed by atoms with van der Waals surface area (Å²) in [6.07, 6.45) is 0. The van der Waals surface area contributed by atoms with E-state index in [1.165, 1.54) is 10.4 Å². The van der Waals surface area contributed by atoms with Gasteiger partial charge in [0, 0.05) is 0 Å². The third-order valence-corrected chi connectivity index (χ3v) is 10.8. The summed E-state index contributed by atoms with van der Waals surface area (Å²) in [6.45, 7) is 5.86. The van der Waals surface area contributed by atoms with E-state index < -0.39 is 16.6 Å². The average Bonchev–Trinajstić information content (AvgIpc) is 2.57. The lowest BCUT2D eigenvalue weighted by molar-refractivity contribution is 0.212. The van der Waals surface area contributed by atoms with E-state index in [-0.39, 0.29) is 0 Å². The van der Waals surface area contributed by atoms with E-state index in [9.17, 15) is 0 Å². The molecule has 0 saturated carbocycles. The SMILES string of the molecule is C[Si]1(c2ccccc2)/C=C\[Si](C)(c2ccccc2)OCCO1. The lowest BCUT2D eigenvalue weighted by Crippen LogP contribution is -2.53. The Morgan fingerprint density at radius 3 is 1.36 bits per heavy atom. The van der Waals surface area contributed by atoms with Crippen LogP contribution < -0.4 is 10.4 Å². The molecule has 2 aromatic rings. The van der Waals surface area contributed by atoms with Gasteiger partial charge in [-0.2, -0.15) is 0 Å². The largest absolute Gasteiger partial charge is 0.406 e. The Hall–Kier alpha value is -1.47. The monoisotopic (exact) mass is 326 g/mol. The molecule has 2 aromatic carbocycles. The smallest absolute Gasteiger partial charge is 0.245 e. The summed E-state index contributed by atoms with van der Waals surface area (Å²) >= 11 is 0. The number of rotatable bonds is 2. The van der Waals surface area contributed by atoms with Crippen molar-refractivity contribution in [2.75, 3.05) is 13.2 Å². The molecule has 0 aliphatic carbocycles. The highest BCUT2D eigenvalue weighted by molar-refractivity contribution is 6.94. The lowest BCUT2D eigenvalue weighted by atomic mass is 10.4. The third kappa shape index (κ3) is 3.15. The number of benzene rings is 2. The highest BCUT2D eigenvalue weighted by Crippen LogP contribution is 2.16. The van der Waals surface area contributed by atoms with Gasteiger partial charge in [0.15, 0.2) is 0 Å². The van der Waals surface area contributed by atoms with Crippen LogP contribution in [0.15, 0.2) is 72.1 Å². The lowest BCUT2D eigenvalue weighted by Gasteiger charge is -2.32. The van der Waals surface area contributed by atoms with Crippen molar-refractivity contribution in [3.63, 3.8) is 0 Å². The molecule has 0 spiro atoms. The van der Waals surface area contributed by atoms with Crippen molar-refractivity contribution in [2.45, 2.75) is 13.1 Å². The Morgan fingerprint density at radius 2 is 1.00 bits per heavy atom. The topological polar surface area (TPSA) is 18.5 Å². The first-order valence-corrected chi connectivity index (χ1v) is 12.7. The van der Waals surface area contributed by atoms with Crippen molar-refractivity contribution >= 4 is 27.0 Å². The minimum atomic E-state index is -2.04. The molecule has 1 aliphatic rings. The van der Waals surface area contributed by atoms with Crippen molar-refractivity contribution in [3.05, 3.63) is 72.1 Å². The second-order valence-electron chi connectivity index (χ2n) is 5.98. The van der Waals surface area contributed by atoms with Crippen LogP contribution in [-0.2, 0) is 8.85 Å². The molecule has 2 nitrogen and oxygen atoms in total. The third-order valence-electron chi connectivity index (χ3n) is 4.30. The molecule has 2 atom stereocenters. The summed E-state index contributed by atoms with van der Waals surface area (Å²) in [5.41, 5.74) is 4.64. The number of hydrogen-bond donors (Lipinski definition) is 0. The van der Waals surface area contributed by atoms with Crippen LogP contribution in [0.3, 0.4) is 0 Å². The molecule has 0 N–H and O–H groups in total. The van der Waals surface area contributed by atoms with Crippen LogP contribution in [0.2, 0.25) is 13.1 Å². The summed E-state index contributed by atoms with van der Waals surface area (Å²) in [7, 11) is -4.09. The summed E-state index contributed by atoms with van der Waals surface area (Å²) in [5, 5.41) is 2.63. The molecule has 1 aliphatic heterocycles. The highest BCUT2D eigenvalue weighted by Gasteiger charge is 2.35. The first-order valence-electron chi connectivity index (χ1n) is 7.72. The molecular weight excluding hydrogens is 304 g/mol. The van der Waals surface area contributed by atoms with E-state index in [0.717, 1.165) is 0 Å². The first kappa shape index (κ1) is 15.4. The van der Waals surface area contributed by atoms with Crippen LogP contribution in [-0.4, -0.2) is 29.8 Å². The summed E-state index contributed by atoms with van der Waals surface area (Å²) < 4.78 is 12.5. The molecule has 0 amide bonds. The van der Waals surface area contributed by atoms with Gasteiger partial charge in [0.2, 0.25) is 16.6 Å². The Bertz CT molecular complexity index is 587. The Balaban J connectivity index is 1.97. The van der Waals surface area contributed by atoms with Gasteiger partial charge < -0.3 is 8.85 Å². The normalized spacial score (nSPS) is 30.3. The van der Waals surface area contributed by atoms with Crippen molar-refractivity contribution in [1.29, 1.82) is 0 Å². The molecular formula is C18H22O2Si2. The highest BCUT2D eigenvalue weighted by atomic mass is 28.4. The van der Waals surface area contributed by atoms with E-state index >= 15 is 0 Å². The van der Waals surface area contributed by atoms with E-state index in [2.05, 4.69) is 85.2 Å². The predicted octanol–water partition coefficient (Wildman–Crippen LogP) is 2.63. The zero-order valence-electron chi connectivity index (χ0n) is 13.2. The molecule has 3 rings (SSSR count). The zero-order chi connectivity index (χ0) is 15.5. The predicted molar refractivity (Wildman–Crippen MR) is 96.4 cm³/mol. The van der Waals surface area contributed by atoms with Crippen LogP contribution >= 0.6 is 0 Å². The van der Waals surface area contributed by atoms with Crippen molar-refractivity contribution < 1.29 is 8.85 Å². The number of hydrogen-bond acceptors (Lipinski definition) is 2. The fraction of sp³-hybridized carbons (Fsp3) is 0.222. The standard InChI is InChI=1S/C18H22O2Si2/c1-21(17-9-5-3-6-10-17)15-16-22(2,20-14-13-19-21)18-11-7-4-8-12-18/h3-12,15-16H,13-14H2,1-2H3/b16-15-.